The second-order valence-corrected chi connectivity index (χ2v) is 6.63. The molecule has 3 aromatic heterocycles. The van der Waals surface area contributed by atoms with Crippen LogP contribution in [0.5, 0.6) is 0 Å². The van der Waals surface area contributed by atoms with Crippen molar-refractivity contribution in [2.75, 3.05) is 0 Å². The topological polar surface area (TPSA) is 95.6 Å². The fourth-order valence-corrected chi connectivity index (χ4v) is 3.28. The van der Waals surface area contributed by atoms with Crippen LogP contribution in [0.2, 0.25) is 0 Å². The van der Waals surface area contributed by atoms with Crippen LogP contribution in [0, 0.1) is 25.2 Å². The molecule has 0 saturated carbocycles. The Morgan fingerprint density at radius 1 is 1.07 bits per heavy atom. The van der Waals surface area contributed by atoms with Gasteiger partial charge in [-0.3, -0.25) is 4.98 Å². The SMILES string of the molecule is Cc1ncc(C)n2nc(-c3ccc4[nH]c(-c5ccccc5C#N)nc4c3)nc12. The van der Waals surface area contributed by atoms with Crippen LogP contribution in [0.1, 0.15) is 17.0 Å². The molecule has 1 N–H and O–H groups in total. The molecule has 28 heavy (non-hydrogen) atoms. The van der Waals surface area contributed by atoms with E-state index >= 15 is 0 Å². The number of rotatable bonds is 2. The largest absolute Gasteiger partial charge is 0.338 e. The summed E-state index contributed by atoms with van der Waals surface area (Å²) in [6.07, 6.45) is 1.79. The number of nitrogens with one attached hydrogen (secondary N) is 1. The molecule has 0 amide bonds. The molecule has 0 aliphatic heterocycles. The molecule has 0 saturated heterocycles. The van der Waals surface area contributed by atoms with Gasteiger partial charge < -0.3 is 4.98 Å². The summed E-state index contributed by atoms with van der Waals surface area (Å²) in [7, 11) is 0. The van der Waals surface area contributed by atoms with Crippen LogP contribution < -0.4 is 0 Å². The van der Waals surface area contributed by atoms with E-state index in [2.05, 4.69) is 31.1 Å². The highest BCUT2D eigenvalue weighted by atomic mass is 15.3. The first kappa shape index (κ1) is 16.1. The molecule has 0 aliphatic rings. The maximum Gasteiger partial charge on any atom is 0.182 e. The molecule has 3 heterocycles. The zero-order valence-electron chi connectivity index (χ0n) is 15.3. The molecular formula is C21H15N7. The normalized spacial score (nSPS) is 11.2. The van der Waals surface area contributed by atoms with Crippen LogP contribution in [0.4, 0.5) is 0 Å². The summed E-state index contributed by atoms with van der Waals surface area (Å²) in [6.45, 7) is 3.87. The van der Waals surface area contributed by atoms with E-state index in [1.807, 2.05) is 50.2 Å². The molecule has 0 aliphatic carbocycles. The number of nitrogens with zero attached hydrogens (tertiary/aromatic N) is 6. The maximum absolute atomic E-state index is 9.35. The van der Waals surface area contributed by atoms with Crippen molar-refractivity contribution in [1.82, 2.24) is 29.5 Å². The van der Waals surface area contributed by atoms with Gasteiger partial charge in [-0.25, -0.2) is 14.5 Å². The lowest BCUT2D eigenvalue weighted by Crippen LogP contribution is -1.97. The first-order valence-corrected chi connectivity index (χ1v) is 8.82. The lowest BCUT2D eigenvalue weighted by atomic mass is 10.1. The second kappa shape index (κ2) is 5.99. The van der Waals surface area contributed by atoms with Crippen molar-refractivity contribution in [1.29, 1.82) is 5.26 Å². The van der Waals surface area contributed by atoms with Crippen LogP contribution in [-0.2, 0) is 0 Å². The van der Waals surface area contributed by atoms with Crippen molar-refractivity contribution >= 4 is 16.7 Å². The van der Waals surface area contributed by atoms with Gasteiger partial charge in [0.25, 0.3) is 0 Å². The Morgan fingerprint density at radius 2 is 1.93 bits per heavy atom. The Kier molecular flexibility index (Phi) is 3.46. The van der Waals surface area contributed by atoms with Gasteiger partial charge in [0.1, 0.15) is 5.82 Å². The molecule has 134 valence electrons. The third-order valence-corrected chi connectivity index (χ3v) is 4.75. The first-order valence-electron chi connectivity index (χ1n) is 8.82. The predicted octanol–water partition coefficient (Wildman–Crippen LogP) is 3.82. The van der Waals surface area contributed by atoms with E-state index in [9.17, 15) is 5.26 Å². The van der Waals surface area contributed by atoms with Gasteiger partial charge >= 0.3 is 0 Å². The molecule has 7 nitrogen and oxygen atoms in total. The third-order valence-electron chi connectivity index (χ3n) is 4.75. The average molecular weight is 365 g/mol. The number of aromatic amines is 1. The number of fused-ring (bicyclic) bond motifs is 2. The van der Waals surface area contributed by atoms with Gasteiger partial charge in [-0.15, -0.1) is 5.10 Å². The summed E-state index contributed by atoms with van der Waals surface area (Å²) in [5.74, 6) is 1.30. The smallest absolute Gasteiger partial charge is 0.182 e. The third kappa shape index (κ3) is 2.43. The minimum atomic E-state index is 0.585. The molecule has 7 heteroatoms. The number of nitriles is 1. The van der Waals surface area contributed by atoms with Crippen molar-refractivity contribution in [3.63, 3.8) is 0 Å². The molecular weight excluding hydrogens is 350 g/mol. The second-order valence-electron chi connectivity index (χ2n) is 6.63. The highest BCUT2D eigenvalue weighted by Gasteiger charge is 2.13. The molecule has 0 atom stereocenters. The van der Waals surface area contributed by atoms with Crippen molar-refractivity contribution in [3.8, 4) is 28.8 Å². The van der Waals surface area contributed by atoms with E-state index in [1.54, 1.807) is 16.8 Å². The number of hydrogen-bond donors (Lipinski definition) is 1. The van der Waals surface area contributed by atoms with Gasteiger partial charge in [-0.1, -0.05) is 12.1 Å². The van der Waals surface area contributed by atoms with Crippen LogP contribution in [0.3, 0.4) is 0 Å². The number of aromatic nitrogens is 6. The summed E-state index contributed by atoms with van der Waals surface area (Å²) in [5.41, 5.74) is 6.45. The molecule has 0 bridgehead atoms. The number of benzene rings is 2. The molecule has 0 spiro atoms. The zero-order chi connectivity index (χ0) is 19.3. The molecule has 0 fully saturated rings. The van der Waals surface area contributed by atoms with E-state index < -0.39 is 0 Å². The van der Waals surface area contributed by atoms with Gasteiger partial charge in [0.2, 0.25) is 0 Å². The molecule has 0 unspecified atom stereocenters. The van der Waals surface area contributed by atoms with Crippen LogP contribution >= 0.6 is 0 Å². The summed E-state index contributed by atoms with van der Waals surface area (Å²) in [5, 5.41) is 14.0. The van der Waals surface area contributed by atoms with E-state index in [0.29, 0.717) is 17.2 Å². The lowest BCUT2D eigenvalue weighted by molar-refractivity contribution is 0.891. The lowest BCUT2D eigenvalue weighted by Gasteiger charge is -1.98. The van der Waals surface area contributed by atoms with E-state index in [1.165, 1.54) is 0 Å². The summed E-state index contributed by atoms with van der Waals surface area (Å²) in [4.78, 5) is 17.0. The van der Waals surface area contributed by atoms with Crippen molar-refractivity contribution in [3.05, 3.63) is 65.6 Å². The van der Waals surface area contributed by atoms with E-state index in [0.717, 1.165) is 39.2 Å². The summed E-state index contributed by atoms with van der Waals surface area (Å²) >= 11 is 0. The number of H-pyrrole nitrogens is 1. The Bertz CT molecular complexity index is 1360. The van der Waals surface area contributed by atoms with Crippen LogP contribution in [-0.4, -0.2) is 29.5 Å². The zero-order valence-corrected chi connectivity index (χ0v) is 15.3. The minimum absolute atomic E-state index is 0.585. The molecule has 5 rings (SSSR count). The predicted molar refractivity (Wildman–Crippen MR) is 105 cm³/mol. The van der Waals surface area contributed by atoms with Crippen molar-refractivity contribution in [2.45, 2.75) is 13.8 Å². The van der Waals surface area contributed by atoms with E-state index in [4.69, 9.17) is 0 Å². The van der Waals surface area contributed by atoms with Crippen molar-refractivity contribution < 1.29 is 0 Å². The Hall–Kier alpha value is -4.05. The molecule has 5 aromatic rings. The van der Waals surface area contributed by atoms with Gasteiger partial charge in [-0.2, -0.15) is 5.26 Å². The average Bonchev–Trinajstić information content (AvgIpc) is 3.35. The fraction of sp³-hybridized carbons (Fsp3) is 0.0952. The van der Waals surface area contributed by atoms with E-state index in [-0.39, 0.29) is 0 Å². The van der Waals surface area contributed by atoms with Gasteiger partial charge in [0, 0.05) is 17.3 Å². The van der Waals surface area contributed by atoms with Gasteiger partial charge in [0.05, 0.1) is 34.1 Å². The highest BCUT2D eigenvalue weighted by Crippen LogP contribution is 2.26. The maximum atomic E-state index is 9.35. The quantitative estimate of drug-likeness (QED) is 0.513. The van der Waals surface area contributed by atoms with Crippen LogP contribution in [0.25, 0.3) is 39.5 Å². The number of imidazole rings is 1. The Morgan fingerprint density at radius 3 is 2.75 bits per heavy atom. The molecule has 0 radical (unpaired) electrons. The Balaban J connectivity index is 1.64. The standard InChI is InChI=1S/C21H15N7/c1-12-11-23-13(2)21-26-19(27-28(12)21)14-7-8-17-18(9-14)25-20(24-17)16-6-4-3-5-15(16)10-22/h3-9,11H,1-2H3,(H,24,25). The minimum Gasteiger partial charge on any atom is -0.338 e. The van der Waals surface area contributed by atoms with Gasteiger partial charge in [-0.05, 0) is 44.2 Å². The highest BCUT2D eigenvalue weighted by molar-refractivity contribution is 5.84. The van der Waals surface area contributed by atoms with Gasteiger partial charge in [0.15, 0.2) is 11.5 Å². The summed E-state index contributed by atoms with van der Waals surface area (Å²) in [6, 6.07) is 15.5. The molecule has 2 aromatic carbocycles. The van der Waals surface area contributed by atoms with Crippen LogP contribution in [0.15, 0.2) is 48.7 Å². The Labute approximate surface area is 160 Å². The van der Waals surface area contributed by atoms with Crippen molar-refractivity contribution in [2.24, 2.45) is 0 Å². The monoisotopic (exact) mass is 365 g/mol. The summed E-state index contributed by atoms with van der Waals surface area (Å²) < 4.78 is 1.81. The number of aryl methyl sites for hydroxylation is 2. The fourth-order valence-electron chi connectivity index (χ4n) is 3.28. The first-order chi connectivity index (χ1) is 13.6. The number of hydrogen-bond acceptors (Lipinski definition) is 5.